The zero-order chi connectivity index (χ0) is 15.2. The molecule has 1 heterocycles. The minimum atomic E-state index is -1.04. The number of rotatable bonds is 5. The number of amides is 1. The Morgan fingerprint density at radius 2 is 2.29 bits per heavy atom. The number of aliphatic carboxylic acids is 1. The summed E-state index contributed by atoms with van der Waals surface area (Å²) in [5, 5.41) is 10.9. The number of halogens is 1. The van der Waals surface area contributed by atoms with Crippen LogP contribution in [0.3, 0.4) is 0 Å². The topological polar surface area (TPSA) is 78.9 Å². The Hall–Kier alpha value is -1.44. The van der Waals surface area contributed by atoms with Crippen molar-refractivity contribution in [2.75, 3.05) is 32.8 Å². The van der Waals surface area contributed by atoms with Crippen LogP contribution in [0.2, 0.25) is 0 Å². The van der Waals surface area contributed by atoms with E-state index in [0.717, 1.165) is 10.0 Å². The molecule has 1 atom stereocenters. The fraction of sp³-hybridized carbons (Fsp3) is 0.429. The van der Waals surface area contributed by atoms with Crippen LogP contribution in [0, 0.1) is 0 Å². The fourth-order valence-corrected chi connectivity index (χ4v) is 2.60. The van der Waals surface area contributed by atoms with Crippen LogP contribution < -0.4 is 5.32 Å². The molecule has 0 bridgehead atoms. The van der Waals surface area contributed by atoms with Crippen molar-refractivity contribution in [2.24, 2.45) is 0 Å². The minimum Gasteiger partial charge on any atom is -0.480 e. The van der Waals surface area contributed by atoms with Crippen LogP contribution in [0.1, 0.15) is 11.7 Å². The summed E-state index contributed by atoms with van der Waals surface area (Å²) in [5.74, 6) is -1.33. The van der Waals surface area contributed by atoms with Gasteiger partial charge in [-0.3, -0.25) is 14.5 Å². The lowest BCUT2D eigenvalue weighted by molar-refractivity contribution is -0.138. The quantitative estimate of drug-likeness (QED) is 0.823. The van der Waals surface area contributed by atoms with Crippen molar-refractivity contribution in [1.29, 1.82) is 0 Å². The molecule has 0 aliphatic carbocycles. The van der Waals surface area contributed by atoms with E-state index in [0.29, 0.717) is 19.7 Å². The third-order valence-electron chi connectivity index (χ3n) is 3.18. The molecular formula is C14H17BrN2O4. The van der Waals surface area contributed by atoms with Crippen LogP contribution in [0.15, 0.2) is 28.7 Å². The Labute approximate surface area is 131 Å². The Morgan fingerprint density at radius 3 is 3.00 bits per heavy atom. The maximum absolute atomic E-state index is 11.6. The predicted molar refractivity (Wildman–Crippen MR) is 79.9 cm³/mol. The SMILES string of the molecule is O=C(O)CNC(=O)CN1CCOC(c2cccc(Br)c2)C1. The first-order valence-corrected chi connectivity index (χ1v) is 7.42. The number of ether oxygens (including phenoxy) is 1. The van der Waals surface area contributed by atoms with Gasteiger partial charge in [0.15, 0.2) is 0 Å². The molecular weight excluding hydrogens is 340 g/mol. The second-order valence-electron chi connectivity index (χ2n) is 4.82. The molecule has 21 heavy (non-hydrogen) atoms. The molecule has 1 aliphatic heterocycles. The maximum Gasteiger partial charge on any atom is 0.322 e. The van der Waals surface area contributed by atoms with E-state index < -0.39 is 5.97 Å². The molecule has 0 saturated carbocycles. The molecule has 0 radical (unpaired) electrons. The number of benzene rings is 1. The number of hydrogen-bond acceptors (Lipinski definition) is 4. The molecule has 1 unspecified atom stereocenters. The van der Waals surface area contributed by atoms with Crippen molar-refractivity contribution in [3.8, 4) is 0 Å². The van der Waals surface area contributed by atoms with Crippen LogP contribution in [0.25, 0.3) is 0 Å². The second kappa shape index (κ2) is 7.53. The first-order valence-electron chi connectivity index (χ1n) is 6.62. The first-order chi connectivity index (χ1) is 10.0. The van der Waals surface area contributed by atoms with Gasteiger partial charge in [0.1, 0.15) is 6.54 Å². The maximum atomic E-state index is 11.6. The normalized spacial score (nSPS) is 19.2. The largest absolute Gasteiger partial charge is 0.480 e. The molecule has 1 fully saturated rings. The van der Waals surface area contributed by atoms with E-state index in [1.165, 1.54) is 0 Å². The van der Waals surface area contributed by atoms with E-state index >= 15 is 0 Å². The van der Waals surface area contributed by atoms with Crippen LogP contribution in [-0.2, 0) is 14.3 Å². The van der Waals surface area contributed by atoms with E-state index in [4.69, 9.17) is 9.84 Å². The highest BCUT2D eigenvalue weighted by molar-refractivity contribution is 9.10. The van der Waals surface area contributed by atoms with Gasteiger partial charge in [-0.1, -0.05) is 28.1 Å². The number of morpholine rings is 1. The Bertz CT molecular complexity index is 523. The predicted octanol–water partition coefficient (Wildman–Crippen LogP) is 1.02. The lowest BCUT2D eigenvalue weighted by Crippen LogP contribution is -2.45. The summed E-state index contributed by atoms with van der Waals surface area (Å²) < 4.78 is 6.73. The second-order valence-corrected chi connectivity index (χ2v) is 5.74. The molecule has 1 aromatic carbocycles. The van der Waals surface area contributed by atoms with Crippen molar-refractivity contribution >= 4 is 27.8 Å². The Balaban J connectivity index is 1.89. The molecule has 1 amide bonds. The van der Waals surface area contributed by atoms with Crippen molar-refractivity contribution in [2.45, 2.75) is 6.10 Å². The van der Waals surface area contributed by atoms with E-state index in [1.807, 2.05) is 29.2 Å². The highest BCUT2D eigenvalue weighted by Gasteiger charge is 2.23. The van der Waals surface area contributed by atoms with E-state index in [1.54, 1.807) is 0 Å². The van der Waals surface area contributed by atoms with Gasteiger partial charge in [-0.15, -0.1) is 0 Å². The number of carbonyl (C=O) groups excluding carboxylic acids is 1. The number of carboxylic acid groups (broad SMARTS) is 1. The highest BCUT2D eigenvalue weighted by atomic mass is 79.9. The van der Waals surface area contributed by atoms with Crippen LogP contribution in [-0.4, -0.2) is 54.7 Å². The zero-order valence-corrected chi connectivity index (χ0v) is 13.0. The molecule has 1 aliphatic rings. The van der Waals surface area contributed by atoms with Gasteiger partial charge in [0.25, 0.3) is 0 Å². The molecule has 2 rings (SSSR count). The number of nitrogens with one attached hydrogen (secondary N) is 1. The van der Waals surface area contributed by atoms with Gasteiger partial charge in [-0.2, -0.15) is 0 Å². The summed E-state index contributed by atoms with van der Waals surface area (Å²) in [6.45, 7) is 1.64. The monoisotopic (exact) mass is 356 g/mol. The zero-order valence-electron chi connectivity index (χ0n) is 11.4. The van der Waals surface area contributed by atoms with Gasteiger partial charge < -0.3 is 15.2 Å². The summed E-state index contributed by atoms with van der Waals surface area (Å²) in [6, 6.07) is 7.88. The number of carbonyl (C=O) groups is 2. The van der Waals surface area contributed by atoms with Crippen LogP contribution >= 0.6 is 15.9 Å². The van der Waals surface area contributed by atoms with Crippen molar-refractivity contribution in [3.05, 3.63) is 34.3 Å². The molecule has 1 aromatic rings. The highest BCUT2D eigenvalue weighted by Crippen LogP contribution is 2.24. The first kappa shape index (κ1) is 15.9. The van der Waals surface area contributed by atoms with E-state index in [2.05, 4.69) is 21.2 Å². The van der Waals surface area contributed by atoms with Gasteiger partial charge in [-0.05, 0) is 17.7 Å². The average Bonchev–Trinajstić information content (AvgIpc) is 2.45. The Morgan fingerprint density at radius 1 is 1.48 bits per heavy atom. The van der Waals surface area contributed by atoms with Gasteiger partial charge in [0.05, 0.1) is 19.3 Å². The summed E-state index contributed by atoms with van der Waals surface area (Å²) in [4.78, 5) is 24.0. The van der Waals surface area contributed by atoms with Crippen LogP contribution in [0.4, 0.5) is 0 Å². The molecule has 2 N–H and O–H groups in total. The third-order valence-corrected chi connectivity index (χ3v) is 3.67. The van der Waals surface area contributed by atoms with E-state index in [9.17, 15) is 9.59 Å². The van der Waals surface area contributed by atoms with Crippen molar-refractivity contribution in [1.82, 2.24) is 10.2 Å². The van der Waals surface area contributed by atoms with Gasteiger partial charge in [0, 0.05) is 17.6 Å². The smallest absolute Gasteiger partial charge is 0.322 e. The van der Waals surface area contributed by atoms with Crippen molar-refractivity contribution < 1.29 is 19.4 Å². The molecule has 114 valence electrons. The number of carboxylic acids is 1. The summed E-state index contributed by atoms with van der Waals surface area (Å²) in [7, 11) is 0. The van der Waals surface area contributed by atoms with Gasteiger partial charge in [0.2, 0.25) is 5.91 Å². The number of nitrogens with zero attached hydrogens (tertiary/aromatic N) is 1. The van der Waals surface area contributed by atoms with Gasteiger partial charge in [-0.25, -0.2) is 0 Å². The van der Waals surface area contributed by atoms with Gasteiger partial charge >= 0.3 is 5.97 Å². The molecule has 7 heteroatoms. The lowest BCUT2D eigenvalue weighted by atomic mass is 10.1. The average molecular weight is 357 g/mol. The summed E-state index contributed by atoms with van der Waals surface area (Å²) in [5.41, 5.74) is 1.06. The standard InChI is InChI=1S/C14H17BrN2O4/c15-11-3-1-2-10(6-11)12-8-17(4-5-21-12)9-13(18)16-7-14(19)20/h1-3,6,12H,4-5,7-9H2,(H,16,18)(H,19,20). The summed E-state index contributed by atoms with van der Waals surface area (Å²) in [6.07, 6.45) is -0.0801. The summed E-state index contributed by atoms with van der Waals surface area (Å²) >= 11 is 3.43. The lowest BCUT2D eigenvalue weighted by Gasteiger charge is -2.32. The molecule has 0 aromatic heterocycles. The van der Waals surface area contributed by atoms with Crippen LogP contribution in [0.5, 0.6) is 0 Å². The number of hydrogen-bond donors (Lipinski definition) is 2. The van der Waals surface area contributed by atoms with Crippen molar-refractivity contribution in [3.63, 3.8) is 0 Å². The van der Waals surface area contributed by atoms with E-state index in [-0.39, 0.29) is 25.1 Å². The fourth-order valence-electron chi connectivity index (χ4n) is 2.19. The molecule has 6 nitrogen and oxygen atoms in total. The Kier molecular flexibility index (Phi) is 5.72. The minimum absolute atomic E-state index is 0.0801. The molecule has 1 saturated heterocycles. The molecule has 0 spiro atoms. The third kappa shape index (κ3) is 5.11.